The first-order valence-corrected chi connectivity index (χ1v) is 9.74. The van der Waals surface area contributed by atoms with E-state index in [4.69, 9.17) is 4.52 Å². The largest absolute Gasteiger partial charge is 0.376 e. The number of carbonyl (C=O) groups is 1. The molecule has 0 bridgehead atoms. The summed E-state index contributed by atoms with van der Waals surface area (Å²) in [6.45, 7) is 11.6. The summed E-state index contributed by atoms with van der Waals surface area (Å²) >= 11 is 0. The van der Waals surface area contributed by atoms with Gasteiger partial charge >= 0.3 is 0 Å². The molecule has 0 saturated carbocycles. The van der Waals surface area contributed by atoms with E-state index in [2.05, 4.69) is 43.2 Å². The van der Waals surface area contributed by atoms with Crippen LogP contribution in [-0.2, 0) is 12.0 Å². The summed E-state index contributed by atoms with van der Waals surface area (Å²) in [7, 11) is 0. The van der Waals surface area contributed by atoms with E-state index in [1.54, 1.807) is 0 Å². The monoisotopic (exact) mass is 370 g/mol. The molecule has 1 atom stereocenters. The fourth-order valence-corrected chi connectivity index (χ4v) is 3.36. The maximum Gasteiger partial charge on any atom is 0.254 e. The summed E-state index contributed by atoms with van der Waals surface area (Å²) in [5.74, 6) is 1.39. The van der Waals surface area contributed by atoms with Gasteiger partial charge in [0, 0.05) is 29.3 Å². The van der Waals surface area contributed by atoms with E-state index in [0.717, 1.165) is 36.2 Å². The number of benzene rings is 1. The second-order valence-electron chi connectivity index (χ2n) is 8.49. The van der Waals surface area contributed by atoms with Gasteiger partial charge in [-0.2, -0.15) is 4.98 Å². The number of aromatic nitrogens is 2. The first-order chi connectivity index (χ1) is 12.8. The molecule has 3 rings (SSSR count). The van der Waals surface area contributed by atoms with Crippen LogP contribution in [0.15, 0.2) is 22.7 Å². The number of amides is 1. The van der Waals surface area contributed by atoms with E-state index in [0.29, 0.717) is 24.3 Å². The molecular formula is C21H30N4O2. The van der Waals surface area contributed by atoms with Crippen LogP contribution in [0.5, 0.6) is 0 Å². The zero-order chi connectivity index (χ0) is 19.6. The smallest absolute Gasteiger partial charge is 0.254 e. The second-order valence-corrected chi connectivity index (χ2v) is 8.49. The highest BCUT2D eigenvalue weighted by Crippen LogP contribution is 2.23. The molecule has 0 spiro atoms. The summed E-state index contributed by atoms with van der Waals surface area (Å²) in [5.41, 5.74) is 2.61. The predicted octanol–water partition coefficient (Wildman–Crippen LogP) is 4.30. The van der Waals surface area contributed by atoms with E-state index in [-0.39, 0.29) is 11.3 Å². The second kappa shape index (κ2) is 7.71. The number of hydrogen-bond acceptors (Lipinski definition) is 5. The van der Waals surface area contributed by atoms with E-state index in [1.807, 2.05) is 30.0 Å². The highest BCUT2D eigenvalue weighted by molar-refractivity contribution is 5.95. The molecule has 6 heteroatoms. The van der Waals surface area contributed by atoms with Gasteiger partial charge in [0.1, 0.15) is 0 Å². The molecule has 1 amide bonds. The zero-order valence-corrected chi connectivity index (χ0v) is 17.0. The lowest BCUT2D eigenvalue weighted by Gasteiger charge is -2.33. The van der Waals surface area contributed by atoms with Crippen LogP contribution in [0.25, 0.3) is 0 Å². The molecule has 1 aliphatic rings. The van der Waals surface area contributed by atoms with Gasteiger partial charge in [0.2, 0.25) is 5.89 Å². The van der Waals surface area contributed by atoms with Crippen LogP contribution in [0, 0.1) is 6.92 Å². The number of anilines is 1. The van der Waals surface area contributed by atoms with Gasteiger partial charge in [-0.05, 0) is 56.9 Å². The van der Waals surface area contributed by atoms with Crippen molar-refractivity contribution >= 4 is 11.6 Å². The third-order valence-electron chi connectivity index (χ3n) is 5.11. The van der Waals surface area contributed by atoms with Crippen molar-refractivity contribution < 1.29 is 9.32 Å². The number of piperidine rings is 1. The number of carbonyl (C=O) groups excluding carboxylic acids is 1. The van der Waals surface area contributed by atoms with Crippen LogP contribution in [0.1, 0.15) is 74.6 Å². The third kappa shape index (κ3) is 4.49. The molecule has 1 fully saturated rings. The van der Waals surface area contributed by atoms with Crippen molar-refractivity contribution in [1.82, 2.24) is 15.0 Å². The zero-order valence-electron chi connectivity index (χ0n) is 17.0. The van der Waals surface area contributed by atoms with Crippen molar-refractivity contribution in [2.75, 3.05) is 11.9 Å². The molecule has 0 aliphatic carbocycles. The summed E-state index contributed by atoms with van der Waals surface area (Å²) in [6, 6.07) is 6.13. The van der Waals surface area contributed by atoms with Crippen LogP contribution >= 0.6 is 0 Å². The van der Waals surface area contributed by atoms with Crippen LogP contribution in [-0.4, -0.2) is 33.5 Å². The fraction of sp³-hybridized carbons (Fsp3) is 0.571. The molecule has 6 nitrogen and oxygen atoms in total. The summed E-state index contributed by atoms with van der Waals surface area (Å²) in [4.78, 5) is 19.3. The molecule has 146 valence electrons. The third-order valence-corrected chi connectivity index (χ3v) is 5.11. The van der Waals surface area contributed by atoms with Gasteiger partial charge in [-0.25, -0.2) is 0 Å². The molecule has 2 heterocycles. The van der Waals surface area contributed by atoms with Gasteiger partial charge in [-0.1, -0.05) is 25.9 Å². The van der Waals surface area contributed by atoms with Gasteiger partial charge in [-0.3, -0.25) is 4.79 Å². The molecule has 1 N–H and O–H groups in total. The minimum atomic E-state index is -0.134. The van der Waals surface area contributed by atoms with Crippen LogP contribution in [0.2, 0.25) is 0 Å². The molecule has 1 unspecified atom stereocenters. The van der Waals surface area contributed by atoms with E-state index in [9.17, 15) is 4.79 Å². The van der Waals surface area contributed by atoms with Crippen LogP contribution in [0.4, 0.5) is 5.69 Å². The van der Waals surface area contributed by atoms with Gasteiger partial charge < -0.3 is 14.7 Å². The van der Waals surface area contributed by atoms with Crippen LogP contribution < -0.4 is 5.32 Å². The Hall–Kier alpha value is -2.37. The van der Waals surface area contributed by atoms with Gasteiger partial charge in [0.05, 0.1) is 6.54 Å². The topological polar surface area (TPSA) is 71.3 Å². The Balaban J connectivity index is 1.66. The van der Waals surface area contributed by atoms with Crippen molar-refractivity contribution in [1.29, 1.82) is 0 Å². The SMILES string of the molecule is Cc1cc(C(=O)N2CCCCC2C)ccc1NCc1nc(C(C)(C)C)no1. The molecule has 1 aromatic heterocycles. The first-order valence-electron chi connectivity index (χ1n) is 9.74. The van der Waals surface area contributed by atoms with Crippen LogP contribution in [0.3, 0.4) is 0 Å². The number of hydrogen-bond donors (Lipinski definition) is 1. The minimum absolute atomic E-state index is 0.128. The average Bonchev–Trinajstić information content (AvgIpc) is 3.10. The first kappa shape index (κ1) is 19.4. The minimum Gasteiger partial charge on any atom is -0.376 e. The number of aryl methyl sites for hydroxylation is 1. The Labute approximate surface area is 161 Å². The Bertz CT molecular complexity index is 807. The maximum atomic E-state index is 12.8. The number of likely N-dealkylation sites (tertiary alicyclic amines) is 1. The molecule has 27 heavy (non-hydrogen) atoms. The van der Waals surface area contributed by atoms with E-state index in [1.165, 1.54) is 6.42 Å². The van der Waals surface area contributed by atoms with E-state index < -0.39 is 0 Å². The summed E-state index contributed by atoms with van der Waals surface area (Å²) < 4.78 is 5.32. The van der Waals surface area contributed by atoms with Gasteiger partial charge in [-0.15, -0.1) is 0 Å². The molecule has 1 aliphatic heterocycles. The Morgan fingerprint density at radius 3 is 2.74 bits per heavy atom. The summed E-state index contributed by atoms with van der Waals surface area (Å²) in [5, 5.41) is 7.37. The maximum absolute atomic E-state index is 12.8. The molecule has 0 radical (unpaired) electrons. The van der Waals surface area contributed by atoms with Gasteiger partial charge in [0.15, 0.2) is 5.82 Å². The quantitative estimate of drug-likeness (QED) is 0.869. The standard InChI is InChI=1S/C21H30N4O2/c1-14-12-16(19(26)25-11-7-6-8-15(25)2)9-10-17(14)22-13-18-23-20(24-27-18)21(3,4)5/h9-10,12,15,22H,6-8,11,13H2,1-5H3. The molecular weight excluding hydrogens is 340 g/mol. The summed E-state index contributed by atoms with van der Waals surface area (Å²) in [6.07, 6.45) is 3.39. The average molecular weight is 370 g/mol. The number of nitrogens with one attached hydrogen (secondary N) is 1. The molecule has 1 aromatic carbocycles. The van der Waals surface area contributed by atoms with E-state index >= 15 is 0 Å². The van der Waals surface area contributed by atoms with Crippen molar-refractivity contribution in [2.45, 2.75) is 71.9 Å². The lowest BCUT2D eigenvalue weighted by molar-refractivity contribution is 0.0635. The molecule has 2 aromatic rings. The van der Waals surface area contributed by atoms with Crippen molar-refractivity contribution in [2.24, 2.45) is 0 Å². The highest BCUT2D eigenvalue weighted by atomic mass is 16.5. The van der Waals surface area contributed by atoms with Crippen molar-refractivity contribution in [3.8, 4) is 0 Å². The lowest BCUT2D eigenvalue weighted by atomic mass is 9.96. The van der Waals surface area contributed by atoms with Gasteiger partial charge in [0.25, 0.3) is 5.91 Å². The lowest BCUT2D eigenvalue weighted by Crippen LogP contribution is -2.42. The number of rotatable bonds is 4. The molecule has 1 saturated heterocycles. The van der Waals surface area contributed by atoms with Crippen molar-refractivity contribution in [3.05, 3.63) is 41.0 Å². The number of nitrogens with zero attached hydrogens (tertiary/aromatic N) is 3. The fourth-order valence-electron chi connectivity index (χ4n) is 3.36. The Morgan fingerprint density at radius 2 is 2.11 bits per heavy atom. The highest BCUT2D eigenvalue weighted by Gasteiger charge is 2.24. The Kier molecular flexibility index (Phi) is 5.53. The normalized spacial score (nSPS) is 17.8. The van der Waals surface area contributed by atoms with Crippen molar-refractivity contribution in [3.63, 3.8) is 0 Å². The Morgan fingerprint density at radius 1 is 1.33 bits per heavy atom. The predicted molar refractivity (Wildman–Crippen MR) is 106 cm³/mol.